The van der Waals surface area contributed by atoms with Crippen molar-refractivity contribution in [3.05, 3.63) is 29.8 Å². The molecule has 2 unspecified atom stereocenters. The van der Waals surface area contributed by atoms with Gasteiger partial charge < -0.3 is 20.1 Å². The third kappa shape index (κ3) is 3.72. The molecule has 26 heavy (non-hydrogen) atoms. The molecule has 0 bridgehead atoms. The van der Waals surface area contributed by atoms with Gasteiger partial charge in [0.2, 0.25) is 11.8 Å². The van der Waals surface area contributed by atoms with Gasteiger partial charge in [-0.2, -0.15) is 0 Å². The van der Waals surface area contributed by atoms with Crippen LogP contribution in [0.4, 0.5) is 5.69 Å². The number of anilines is 1. The summed E-state index contributed by atoms with van der Waals surface area (Å²) < 4.78 is 5.31. The summed E-state index contributed by atoms with van der Waals surface area (Å²) in [5.41, 5.74) is 1.04. The Kier molecular flexibility index (Phi) is 5.27. The molecule has 3 rings (SSSR count). The van der Waals surface area contributed by atoms with Crippen molar-refractivity contribution in [1.29, 1.82) is 0 Å². The third-order valence-electron chi connectivity index (χ3n) is 5.14. The predicted molar refractivity (Wildman–Crippen MR) is 94.8 cm³/mol. The van der Waals surface area contributed by atoms with Crippen molar-refractivity contribution in [2.24, 2.45) is 5.92 Å². The summed E-state index contributed by atoms with van der Waals surface area (Å²) in [4.78, 5) is 38.0. The molecule has 2 fully saturated rings. The number of carboxylic acids is 1. The number of carbonyl (C=O) groups is 3. The number of aliphatic carboxylic acids is 1. The lowest BCUT2D eigenvalue weighted by molar-refractivity contribution is -0.139. The van der Waals surface area contributed by atoms with E-state index in [1.165, 1.54) is 0 Å². The van der Waals surface area contributed by atoms with Crippen LogP contribution in [-0.2, 0) is 25.5 Å². The number of para-hydroxylation sites is 1. The zero-order valence-corrected chi connectivity index (χ0v) is 14.9. The van der Waals surface area contributed by atoms with Crippen LogP contribution in [0.5, 0.6) is 0 Å². The van der Waals surface area contributed by atoms with Gasteiger partial charge in [-0.25, -0.2) is 0 Å². The Morgan fingerprint density at radius 1 is 1.38 bits per heavy atom. The van der Waals surface area contributed by atoms with Crippen LogP contribution in [0.15, 0.2) is 24.3 Å². The van der Waals surface area contributed by atoms with Gasteiger partial charge in [0.05, 0.1) is 24.5 Å². The standard InChI is InChI=1S/C19H24N2O5/c1-2-13-5-3-4-6-15(13)21-11-14(9-16(21)22)18(25)20-19(10-17(23)24)7-8-26-12-19/h3-6,14H,2,7-12H2,1H3,(H,20,25)(H,23,24). The van der Waals surface area contributed by atoms with Crippen molar-refractivity contribution in [3.63, 3.8) is 0 Å². The largest absolute Gasteiger partial charge is 0.481 e. The molecule has 2 saturated heterocycles. The van der Waals surface area contributed by atoms with Crippen LogP contribution in [0.2, 0.25) is 0 Å². The Morgan fingerprint density at radius 3 is 2.81 bits per heavy atom. The average Bonchev–Trinajstić information content (AvgIpc) is 3.21. The number of rotatable bonds is 6. The van der Waals surface area contributed by atoms with E-state index in [4.69, 9.17) is 9.84 Å². The second kappa shape index (κ2) is 7.45. The minimum atomic E-state index is -0.975. The van der Waals surface area contributed by atoms with Gasteiger partial charge in [-0.1, -0.05) is 25.1 Å². The summed E-state index contributed by atoms with van der Waals surface area (Å²) in [6.07, 6.45) is 1.22. The maximum Gasteiger partial charge on any atom is 0.305 e. The SMILES string of the molecule is CCc1ccccc1N1CC(C(=O)NC2(CC(=O)O)CCOC2)CC1=O. The van der Waals surface area contributed by atoms with Crippen LogP contribution in [0, 0.1) is 5.92 Å². The van der Waals surface area contributed by atoms with E-state index in [1.807, 2.05) is 31.2 Å². The van der Waals surface area contributed by atoms with Crippen LogP contribution < -0.4 is 10.2 Å². The number of ether oxygens (including phenoxy) is 1. The first-order chi connectivity index (χ1) is 12.4. The second-order valence-electron chi connectivity index (χ2n) is 7.03. The van der Waals surface area contributed by atoms with Crippen molar-refractivity contribution >= 4 is 23.5 Å². The van der Waals surface area contributed by atoms with E-state index in [0.29, 0.717) is 19.6 Å². The lowest BCUT2D eigenvalue weighted by Gasteiger charge is -2.28. The Morgan fingerprint density at radius 2 is 2.15 bits per heavy atom. The number of benzene rings is 1. The van der Waals surface area contributed by atoms with Gasteiger partial charge in [-0.15, -0.1) is 0 Å². The predicted octanol–water partition coefficient (Wildman–Crippen LogP) is 1.35. The number of hydrogen-bond acceptors (Lipinski definition) is 4. The number of aryl methyl sites for hydroxylation is 1. The van der Waals surface area contributed by atoms with E-state index in [1.54, 1.807) is 4.90 Å². The Hall–Kier alpha value is -2.41. The normalized spacial score (nSPS) is 25.5. The van der Waals surface area contributed by atoms with E-state index in [-0.39, 0.29) is 31.3 Å². The minimum absolute atomic E-state index is 0.0824. The van der Waals surface area contributed by atoms with Crippen LogP contribution >= 0.6 is 0 Å². The second-order valence-corrected chi connectivity index (χ2v) is 7.03. The third-order valence-corrected chi connectivity index (χ3v) is 5.14. The van der Waals surface area contributed by atoms with Crippen molar-refractivity contribution in [3.8, 4) is 0 Å². The smallest absolute Gasteiger partial charge is 0.305 e. The van der Waals surface area contributed by atoms with E-state index < -0.39 is 17.4 Å². The summed E-state index contributed by atoms with van der Waals surface area (Å²) >= 11 is 0. The van der Waals surface area contributed by atoms with Crippen molar-refractivity contribution < 1.29 is 24.2 Å². The Labute approximate surface area is 152 Å². The van der Waals surface area contributed by atoms with Gasteiger partial charge in [0.25, 0.3) is 0 Å². The fourth-order valence-corrected chi connectivity index (χ4v) is 3.73. The molecule has 0 aromatic heterocycles. The molecule has 2 heterocycles. The first-order valence-electron chi connectivity index (χ1n) is 8.94. The lowest BCUT2D eigenvalue weighted by atomic mass is 9.93. The molecule has 140 valence electrons. The van der Waals surface area contributed by atoms with E-state index in [0.717, 1.165) is 17.7 Å². The zero-order valence-electron chi connectivity index (χ0n) is 14.9. The fraction of sp³-hybridized carbons (Fsp3) is 0.526. The van der Waals surface area contributed by atoms with Crippen molar-refractivity contribution in [1.82, 2.24) is 5.32 Å². The number of hydrogen-bond donors (Lipinski definition) is 2. The quantitative estimate of drug-likeness (QED) is 0.798. The summed E-state index contributed by atoms with van der Waals surface area (Å²) in [7, 11) is 0. The molecule has 0 aliphatic carbocycles. The zero-order chi connectivity index (χ0) is 18.7. The van der Waals surface area contributed by atoms with Gasteiger partial charge >= 0.3 is 5.97 Å². The highest BCUT2D eigenvalue weighted by Crippen LogP contribution is 2.30. The average molecular weight is 360 g/mol. The van der Waals surface area contributed by atoms with Gasteiger partial charge in [0, 0.05) is 25.3 Å². The highest BCUT2D eigenvalue weighted by Gasteiger charge is 2.42. The summed E-state index contributed by atoms with van der Waals surface area (Å²) in [6.45, 7) is 2.95. The van der Waals surface area contributed by atoms with E-state index >= 15 is 0 Å². The van der Waals surface area contributed by atoms with Gasteiger partial charge in [-0.05, 0) is 24.5 Å². The molecule has 2 aliphatic heterocycles. The van der Waals surface area contributed by atoms with Crippen LogP contribution in [0.3, 0.4) is 0 Å². The molecular weight excluding hydrogens is 336 g/mol. The summed E-state index contributed by atoms with van der Waals surface area (Å²) in [5.74, 6) is -1.82. The molecule has 7 nitrogen and oxygen atoms in total. The van der Waals surface area contributed by atoms with Gasteiger partial charge in [0.1, 0.15) is 0 Å². The number of carboxylic acid groups (broad SMARTS) is 1. The van der Waals surface area contributed by atoms with Crippen LogP contribution in [0.25, 0.3) is 0 Å². The lowest BCUT2D eigenvalue weighted by Crippen LogP contribution is -2.52. The molecule has 1 aromatic carbocycles. The van der Waals surface area contributed by atoms with Crippen LogP contribution in [-0.4, -0.2) is 48.2 Å². The van der Waals surface area contributed by atoms with Gasteiger partial charge in [-0.3, -0.25) is 14.4 Å². The first kappa shape index (κ1) is 18.4. The molecule has 7 heteroatoms. The van der Waals surface area contributed by atoms with E-state index in [9.17, 15) is 14.4 Å². The Bertz CT molecular complexity index is 712. The maximum absolute atomic E-state index is 12.7. The molecule has 2 atom stereocenters. The number of nitrogens with zero attached hydrogens (tertiary/aromatic N) is 1. The van der Waals surface area contributed by atoms with Gasteiger partial charge in [0.15, 0.2) is 0 Å². The number of amides is 2. The summed E-state index contributed by atoms with van der Waals surface area (Å²) in [6, 6.07) is 7.69. The molecule has 0 saturated carbocycles. The maximum atomic E-state index is 12.7. The summed E-state index contributed by atoms with van der Waals surface area (Å²) in [5, 5.41) is 12.0. The molecular formula is C19H24N2O5. The van der Waals surface area contributed by atoms with Crippen LogP contribution in [0.1, 0.15) is 31.7 Å². The Balaban J connectivity index is 1.72. The van der Waals surface area contributed by atoms with Crippen molar-refractivity contribution in [2.75, 3.05) is 24.7 Å². The monoisotopic (exact) mass is 360 g/mol. The molecule has 1 aromatic rings. The highest BCUT2D eigenvalue weighted by atomic mass is 16.5. The number of carbonyl (C=O) groups excluding carboxylic acids is 2. The minimum Gasteiger partial charge on any atom is -0.481 e. The van der Waals surface area contributed by atoms with Crippen molar-refractivity contribution in [2.45, 2.75) is 38.1 Å². The molecule has 0 spiro atoms. The first-order valence-corrected chi connectivity index (χ1v) is 8.94. The molecule has 2 amide bonds. The van der Waals surface area contributed by atoms with E-state index in [2.05, 4.69) is 5.32 Å². The molecule has 2 N–H and O–H groups in total. The topological polar surface area (TPSA) is 95.9 Å². The molecule has 2 aliphatic rings. The number of nitrogens with one attached hydrogen (secondary N) is 1. The molecule has 0 radical (unpaired) electrons. The fourth-order valence-electron chi connectivity index (χ4n) is 3.73. The highest BCUT2D eigenvalue weighted by molar-refractivity contribution is 6.01.